The van der Waals surface area contributed by atoms with Gasteiger partial charge in [0.25, 0.3) is 0 Å². The minimum Gasteiger partial charge on any atom is -0.497 e. The van der Waals surface area contributed by atoms with Gasteiger partial charge < -0.3 is 14.2 Å². The molecule has 0 radical (unpaired) electrons. The number of amides is 2. The number of hydrogen-bond donors (Lipinski definition) is 0. The van der Waals surface area contributed by atoms with Crippen molar-refractivity contribution in [2.75, 3.05) is 7.11 Å². The Morgan fingerprint density at radius 1 is 0.853 bits per heavy atom. The summed E-state index contributed by atoms with van der Waals surface area (Å²) < 4.78 is 16.9. The second-order valence-electron chi connectivity index (χ2n) is 10.5. The van der Waals surface area contributed by atoms with Crippen LogP contribution in [-0.4, -0.2) is 46.6 Å². The van der Waals surface area contributed by atoms with Crippen molar-refractivity contribution in [3.8, 4) is 5.75 Å². The lowest BCUT2D eigenvalue weighted by molar-refractivity contribution is -0.0637. The molecule has 0 unspecified atom stereocenters. The molecule has 7 heteroatoms. The van der Waals surface area contributed by atoms with Crippen LogP contribution >= 0.6 is 0 Å². The van der Waals surface area contributed by atoms with Gasteiger partial charge in [0.15, 0.2) is 0 Å². The van der Waals surface area contributed by atoms with Crippen LogP contribution in [0, 0.1) is 0 Å². The maximum atomic E-state index is 13.5. The predicted molar refractivity (Wildman–Crippen MR) is 130 cm³/mol. The van der Waals surface area contributed by atoms with Crippen molar-refractivity contribution in [3.63, 3.8) is 0 Å². The zero-order valence-corrected chi connectivity index (χ0v) is 21.2. The summed E-state index contributed by atoms with van der Waals surface area (Å²) in [5, 5.41) is 2.87. The van der Waals surface area contributed by atoms with E-state index in [2.05, 4.69) is 0 Å². The molecule has 34 heavy (non-hydrogen) atoms. The fourth-order valence-corrected chi connectivity index (χ4v) is 4.05. The minimum absolute atomic E-state index is 0.320. The van der Waals surface area contributed by atoms with Crippen LogP contribution in [-0.2, 0) is 15.9 Å². The summed E-state index contributed by atoms with van der Waals surface area (Å²) >= 11 is 0. The number of hydrazine groups is 1. The summed E-state index contributed by atoms with van der Waals surface area (Å²) in [5.74, 6) is 0.739. The Morgan fingerprint density at radius 3 is 2.00 bits per heavy atom. The van der Waals surface area contributed by atoms with E-state index in [1.54, 1.807) is 7.11 Å². The molecule has 2 aromatic carbocycles. The monoisotopic (exact) mass is 468 g/mol. The van der Waals surface area contributed by atoms with Crippen molar-refractivity contribution in [2.45, 2.75) is 77.7 Å². The SMILES string of the molecule is COc1cccc(C[C@@H]2C[C@@H](c3ccccc3)N(C(=O)OC(C)(C)C)N2C(=O)OC(C)(C)C)c1. The highest BCUT2D eigenvalue weighted by Gasteiger charge is 2.48. The van der Waals surface area contributed by atoms with Crippen molar-refractivity contribution < 1.29 is 23.8 Å². The lowest BCUT2D eigenvalue weighted by atomic mass is 9.97. The summed E-state index contributed by atoms with van der Waals surface area (Å²) in [6.45, 7) is 10.9. The molecule has 7 nitrogen and oxygen atoms in total. The van der Waals surface area contributed by atoms with E-state index in [9.17, 15) is 9.59 Å². The number of benzene rings is 2. The Morgan fingerprint density at radius 2 is 1.44 bits per heavy atom. The fourth-order valence-electron chi connectivity index (χ4n) is 4.05. The first-order chi connectivity index (χ1) is 15.9. The average Bonchev–Trinajstić information content (AvgIpc) is 3.11. The Labute approximate surface area is 202 Å². The van der Waals surface area contributed by atoms with Crippen LogP contribution in [0.2, 0.25) is 0 Å². The summed E-state index contributed by atoms with van der Waals surface area (Å²) in [5.41, 5.74) is 0.482. The Bertz CT molecular complexity index is 994. The zero-order chi connectivity index (χ0) is 25.1. The Balaban J connectivity index is 2.04. The summed E-state index contributed by atoms with van der Waals surface area (Å²) in [4.78, 5) is 26.9. The summed E-state index contributed by atoms with van der Waals surface area (Å²) in [7, 11) is 1.62. The van der Waals surface area contributed by atoms with Crippen LogP contribution < -0.4 is 4.74 Å². The molecule has 1 aliphatic rings. The molecule has 0 aromatic heterocycles. The Hall–Kier alpha value is -3.22. The number of carbonyl (C=O) groups excluding carboxylic acids is 2. The molecule has 2 atom stereocenters. The van der Waals surface area contributed by atoms with E-state index >= 15 is 0 Å². The van der Waals surface area contributed by atoms with Crippen molar-refractivity contribution in [3.05, 3.63) is 65.7 Å². The lowest BCUT2D eigenvalue weighted by Crippen LogP contribution is -2.52. The maximum Gasteiger partial charge on any atom is 0.430 e. The highest BCUT2D eigenvalue weighted by Crippen LogP contribution is 2.40. The molecule has 184 valence electrons. The number of methoxy groups -OCH3 is 1. The average molecular weight is 469 g/mol. The van der Waals surface area contributed by atoms with Crippen LogP contribution in [0.15, 0.2) is 54.6 Å². The van der Waals surface area contributed by atoms with Crippen molar-refractivity contribution in [1.29, 1.82) is 0 Å². The van der Waals surface area contributed by atoms with Gasteiger partial charge in [-0.1, -0.05) is 42.5 Å². The number of ether oxygens (including phenoxy) is 3. The van der Waals surface area contributed by atoms with E-state index < -0.39 is 23.4 Å². The predicted octanol–water partition coefficient (Wildman–Crippen LogP) is 6.14. The number of hydrogen-bond acceptors (Lipinski definition) is 5. The zero-order valence-electron chi connectivity index (χ0n) is 21.2. The molecular formula is C27H36N2O5. The molecule has 0 aliphatic carbocycles. The second-order valence-corrected chi connectivity index (χ2v) is 10.5. The van der Waals surface area contributed by atoms with Gasteiger partial charge in [-0.05, 0) is 77.6 Å². The lowest BCUT2D eigenvalue weighted by Gasteiger charge is -2.36. The molecular weight excluding hydrogens is 432 g/mol. The normalized spacial score (nSPS) is 18.6. The van der Waals surface area contributed by atoms with E-state index in [-0.39, 0.29) is 12.1 Å². The molecule has 2 aromatic rings. The smallest absolute Gasteiger partial charge is 0.430 e. The van der Waals surface area contributed by atoms with Gasteiger partial charge in [0.1, 0.15) is 17.0 Å². The third kappa shape index (κ3) is 6.43. The molecule has 2 amide bonds. The Kier molecular flexibility index (Phi) is 7.44. The third-order valence-corrected chi connectivity index (χ3v) is 5.32. The highest BCUT2D eigenvalue weighted by atomic mass is 16.6. The van der Waals surface area contributed by atoms with Gasteiger partial charge in [0.2, 0.25) is 0 Å². The van der Waals surface area contributed by atoms with E-state index in [1.807, 2.05) is 96.1 Å². The van der Waals surface area contributed by atoms with Crippen LogP contribution in [0.5, 0.6) is 5.75 Å². The van der Waals surface area contributed by atoms with Crippen LogP contribution in [0.4, 0.5) is 9.59 Å². The van der Waals surface area contributed by atoms with E-state index in [4.69, 9.17) is 14.2 Å². The van der Waals surface area contributed by atoms with Gasteiger partial charge in [0.05, 0.1) is 19.2 Å². The molecule has 3 rings (SSSR count). The molecule has 1 aliphatic heterocycles. The molecule has 1 saturated heterocycles. The number of carbonyl (C=O) groups is 2. The molecule has 0 spiro atoms. The van der Waals surface area contributed by atoms with Gasteiger partial charge in [-0.3, -0.25) is 0 Å². The molecule has 1 heterocycles. The standard InChI is InChI=1S/C27H36N2O5/c1-26(2,3)33-24(30)28-21(16-19-12-11-15-22(17-19)32-7)18-23(20-13-9-8-10-14-20)29(28)25(31)34-27(4,5)6/h8-15,17,21,23H,16,18H2,1-7H3/t21-,23+/m1/s1. The second kappa shape index (κ2) is 9.95. The van der Waals surface area contributed by atoms with Crippen molar-refractivity contribution in [1.82, 2.24) is 10.0 Å². The number of nitrogens with zero attached hydrogens (tertiary/aromatic N) is 2. The molecule has 0 saturated carbocycles. The van der Waals surface area contributed by atoms with E-state index in [0.717, 1.165) is 16.9 Å². The maximum absolute atomic E-state index is 13.5. The van der Waals surface area contributed by atoms with Crippen LogP contribution in [0.3, 0.4) is 0 Å². The van der Waals surface area contributed by atoms with E-state index in [0.29, 0.717) is 12.8 Å². The van der Waals surface area contributed by atoms with E-state index in [1.165, 1.54) is 10.0 Å². The van der Waals surface area contributed by atoms with Gasteiger partial charge in [0, 0.05) is 0 Å². The van der Waals surface area contributed by atoms with Crippen molar-refractivity contribution in [2.24, 2.45) is 0 Å². The van der Waals surface area contributed by atoms with Gasteiger partial charge >= 0.3 is 12.2 Å². The number of rotatable bonds is 4. The summed E-state index contributed by atoms with van der Waals surface area (Å²) in [6, 6.07) is 16.7. The quantitative estimate of drug-likeness (QED) is 0.539. The van der Waals surface area contributed by atoms with Gasteiger partial charge in [-0.15, -0.1) is 0 Å². The molecule has 0 N–H and O–H groups in total. The van der Waals surface area contributed by atoms with Crippen LogP contribution in [0.25, 0.3) is 0 Å². The molecule has 0 bridgehead atoms. The summed E-state index contributed by atoms with van der Waals surface area (Å²) in [6.07, 6.45) is -0.0938. The highest BCUT2D eigenvalue weighted by molar-refractivity contribution is 5.76. The first-order valence-corrected chi connectivity index (χ1v) is 11.6. The topological polar surface area (TPSA) is 68.3 Å². The first-order valence-electron chi connectivity index (χ1n) is 11.6. The van der Waals surface area contributed by atoms with Gasteiger partial charge in [-0.25, -0.2) is 19.6 Å². The van der Waals surface area contributed by atoms with Crippen LogP contribution in [0.1, 0.15) is 65.1 Å². The first kappa shape index (κ1) is 25.4. The van der Waals surface area contributed by atoms with Gasteiger partial charge in [-0.2, -0.15) is 0 Å². The van der Waals surface area contributed by atoms with Crippen molar-refractivity contribution >= 4 is 12.2 Å². The molecule has 1 fully saturated rings. The fraction of sp³-hybridized carbons (Fsp3) is 0.481. The largest absolute Gasteiger partial charge is 0.497 e. The third-order valence-electron chi connectivity index (χ3n) is 5.32. The minimum atomic E-state index is -0.720.